The molecular formula is H4LaN3O4P2+2. The number of rotatable bonds is 0. The van der Waals surface area contributed by atoms with E-state index in [-0.39, 0.29) is 35.6 Å². The Kier molecular flexibility index (Phi) is 38.4. The van der Waals surface area contributed by atoms with Crippen LogP contribution in [0.2, 0.25) is 0 Å². The molecule has 0 saturated heterocycles. The van der Waals surface area contributed by atoms with Crippen LogP contribution in [0, 0.1) is 35.6 Å². The summed E-state index contributed by atoms with van der Waals surface area (Å²) in [6.07, 6.45) is 0. The molecule has 0 aliphatic carbocycles. The van der Waals surface area contributed by atoms with Crippen molar-refractivity contribution in [3.05, 3.63) is 0 Å². The SMILES string of the molecule is O=PO.O=PO.[La+3].[n-]1[nH][nH]1. The van der Waals surface area contributed by atoms with Crippen molar-refractivity contribution in [1.29, 1.82) is 0 Å². The van der Waals surface area contributed by atoms with Crippen molar-refractivity contribution in [3.63, 3.8) is 0 Å². The molecule has 1 heterocycles. The van der Waals surface area contributed by atoms with Crippen LogP contribution in [-0.2, 0) is 9.13 Å². The van der Waals surface area contributed by atoms with Crippen LogP contribution in [0.3, 0.4) is 0 Å². The van der Waals surface area contributed by atoms with Gasteiger partial charge < -0.3 is 25.4 Å². The Labute approximate surface area is 87.1 Å². The molecule has 7 nitrogen and oxygen atoms in total. The second-order valence-electron chi connectivity index (χ2n) is 0.499. The van der Waals surface area contributed by atoms with Gasteiger partial charge in [0.05, 0.1) is 0 Å². The maximum Gasteiger partial charge on any atom is 3.00 e. The monoisotopic (exact) mass is 311 g/mol. The third-order valence-corrected chi connectivity index (χ3v) is 0.112. The van der Waals surface area contributed by atoms with Gasteiger partial charge in [0.15, 0.2) is 0 Å². The molecule has 1 rings (SSSR count). The van der Waals surface area contributed by atoms with Gasteiger partial charge in [-0.1, -0.05) is 0 Å². The first-order chi connectivity index (χ1) is 4.33. The molecule has 0 aliphatic rings. The van der Waals surface area contributed by atoms with Gasteiger partial charge >= 0.3 is 53.0 Å². The predicted octanol–water partition coefficient (Wildman–Crippen LogP) is -0.329. The second-order valence-corrected chi connectivity index (χ2v) is 0.825. The normalized spacial score (nSPS) is 6.60. The summed E-state index contributed by atoms with van der Waals surface area (Å²) >= 11 is 0. The van der Waals surface area contributed by atoms with E-state index in [2.05, 4.69) is 15.6 Å². The molecule has 10 heteroatoms. The summed E-state index contributed by atoms with van der Waals surface area (Å²) < 4.78 is 16.9. The van der Waals surface area contributed by atoms with Crippen molar-refractivity contribution in [2.24, 2.45) is 0 Å². The van der Waals surface area contributed by atoms with Crippen molar-refractivity contribution >= 4 is 17.4 Å². The number of nitrogens with one attached hydrogen (secondary N) is 2. The van der Waals surface area contributed by atoms with Gasteiger partial charge in [0, 0.05) is 0 Å². The molecule has 0 spiro atoms. The van der Waals surface area contributed by atoms with Crippen molar-refractivity contribution < 1.29 is 54.5 Å². The Morgan fingerprint density at radius 3 is 1.20 bits per heavy atom. The molecule has 0 aromatic carbocycles. The van der Waals surface area contributed by atoms with Crippen molar-refractivity contribution in [2.75, 3.05) is 0 Å². The maximum absolute atomic E-state index is 8.46. The Hall–Kier alpha value is 0.715. The number of hydrogen-bond acceptors (Lipinski definition) is 2. The number of hydrogen-bond donors (Lipinski definition) is 4. The zero-order valence-electron chi connectivity index (χ0n) is 4.63. The van der Waals surface area contributed by atoms with Gasteiger partial charge in [-0.3, -0.25) is 0 Å². The summed E-state index contributed by atoms with van der Waals surface area (Å²) in [6, 6.07) is 0. The minimum Gasteiger partial charge on any atom is -0.402 e. The number of aromatic nitrogens is 3. The van der Waals surface area contributed by atoms with Crippen LogP contribution < -0.4 is 5.21 Å². The molecule has 0 unspecified atom stereocenters. The summed E-state index contributed by atoms with van der Waals surface area (Å²) in [5, 5.41) is 8.00. The molecule has 0 aliphatic heterocycles. The van der Waals surface area contributed by atoms with Crippen LogP contribution in [0.4, 0.5) is 0 Å². The standard InChI is InChI=1S/La.H2N3.2HO2P/c;1-2-3-1;2*1-3-2/h;1-2H;2*(H,1,2)/q+3;-1;;. The fraction of sp³-hybridized carbons (Fsp3) is 0. The van der Waals surface area contributed by atoms with Crippen LogP contribution in [0.15, 0.2) is 0 Å². The smallest absolute Gasteiger partial charge is 0.402 e. The second kappa shape index (κ2) is 22.6. The van der Waals surface area contributed by atoms with E-state index in [1.165, 1.54) is 0 Å². The van der Waals surface area contributed by atoms with E-state index in [1.54, 1.807) is 0 Å². The minimum absolute atomic E-state index is 0. The van der Waals surface area contributed by atoms with E-state index >= 15 is 0 Å². The van der Waals surface area contributed by atoms with Gasteiger partial charge in [0.1, 0.15) is 0 Å². The van der Waals surface area contributed by atoms with Gasteiger partial charge in [0.2, 0.25) is 0 Å². The molecular weight excluding hydrogens is 307 g/mol. The fourth-order valence-corrected chi connectivity index (χ4v) is 0. The van der Waals surface area contributed by atoms with E-state index in [0.29, 0.717) is 0 Å². The third-order valence-electron chi connectivity index (χ3n) is 0.112. The number of nitrogens with zero attached hydrogens (tertiary/aromatic N) is 1. The first-order valence-electron chi connectivity index (χ1n) is 1.46. The van der Waals surface area contributed by atoms with E-state index in [4.69, 9.17) is 18.9 Å². The average Bonchev–Trinajstić information content (AvgIpc) is 2.48. The molecule has 54 valence electrons. The summed E-state index contributed by atoms with van der Waals surface area (Å²) in [7, 11) is -1.67. The van der Waals surface area contributed by atoms with Crippen LogP contribution in [-0.4, -0.2) is 20.2 Å². The van der Waals surface area contributed by atoms with Crippen LogP contribution in [0.25, 0.3) is 0 Å². The molecule has 1 aromatic rings. The summed E-state index contributed by atoms with van der Waals surface area (Å²) in [6.45, 7) is 0. The largest absolute Gasteiger partial charge is 3.00 e. The van der Waals surface area contributed by atoms with Crippen LogP contribution >= 0.6 is 17.4 Å². The average molecular weight is 311 g/mol. The summed E-state index contributed by atoms with van der Waals surface area (Å²) in [5.74, 6) is 0. The van der Waals surface area contributed by atoms with Gasteiger partial charge in [-0.05, 0) is 0 Å². The van der Waals surface area contributed by atoms with Crippen molar-refractivity contribution in [3.8, 4) is 0 Å². The zero-order valence-corrected chi connectivity index (χ0v) is 10.0. The van der Waals surface area contributed by atoms with Gasteiger partial charge in [-0.2, -0.15) is 0 Å². The third kappa shape index (κ3) is 176. The quantitative estimate of drug-likeness (QED) is 0.489. The van der Waals surface area contributed by atoms with E-state index in [9.17, 15) is 0 Å². The predicted molar refractivity (Wildman–Crippen MR) is 28.1 cm³/mol. The number of H-pyrrole nitrogens is 2. The number of aromatic amines is 2. The Bertz CT molecular complexity index is 95.0. The molecule has 1 aromatic heterocycles. The Morgan fingerprint density at radius 2 is 1.20 bits per heavy atom. The Morgan fingerprint density at radius 1 is 1.10 bits per heavy atom. The van der Waals surface area contributed by atoms with Crippen molar-refractivity contribution in [2.45, 2.75) is 0 Å². The molecule has 0 saturated carbocycles. The molecule has 0 bridgehead atoms. The van der Waals surface area contributed by atoms with Crippen LogP contribution in [0.5, 0.6) is 0 Å². The van der Waals surface area contributed by atoms with E-state index in [1.807, 2.05) is 0 Å². The maximum atomic E-state index is 8.46. The molecule has 0 radical (unpaired) electrons. The first-order valence-corrected chi connectivity index (χ1v) is 2.99. The summed E-state index contributed by atoms with van der Waals surface area (Å²) in [4.78, 5) is 14.0. The van der Waals surface area contributed by atoms with E-state index in [0.717, 1.165) is 0 Å². The summed E-state index contributed by atoms with van der Waals surface area (Å²) in [5.41, 5.74) is 0. The van der Waals surface area contributed by atoms with E-state index < -0.39 is 17.4 Å². The minimum atomic E-state index is -0.833. The molecule has 10 heavy (non-hydrogen) atoms. The zero-order chi connectivity index (χ0) is 7.54. The molecule has 0 fully saturated rings. The van der Waals surface area contributed by atoms with Gasteiger partial charge in [0.25, 0.3) is 0 Å². The van der Waals surface area contributed by atoms with Gasteiger partial charge in [-0.15, -0.1) is 0 Å². The topological polar surface area (TPSA) is 120 Å². The van der Waals surface area contributed by atoms with Gasteiger partial charge in [-0.25, -0.2) is 9.13 Å². The first kappa shape index (κ1) is 17.0. The molecule has 0 atom stereocenters. The Balaban J connectivity index is -0.0000000700. The molecule has 0 amide bonds. The van der Waals surface area contributed by atoms with Crippen molar-refractivity contribution in [1.82, 2.24) is 15.6 Å². The van der Waals surface area contributed by atoms with Crippen LogP contribution in [0.1, 0.15) is 0 Å². The molecule has 4 N–H and O–H groups in total. The fourth-order valence-electron chi connectivity index (χ4n) is 0.